The van der Waals surface area contributed by atoms with E-state index in [-0.39, 0.29) is 30.3 Å². The first kappa shape index (κ1) is 17.6. The number of nitrogens with zero attached hydrogens (tertiary/aromatic N) is 2. The van der Waals surface area contributed by atoms with Gasteiger partial charge in [-0.25, -0.2) is 0 Å². The van der Waals surface area contributed by atoms with E-state index >= 15 is 0 Å². The first-order valence-corrected chi connectivity index (χ1v) is 8.19. The molecule has 1 saturated heterocycles. The lowest BCUT2D eigenvalue weighted by Gasteiger charge is -2.19. The molecule has 2 aromatic carbocycles. The fourth-order valence-electron chi connectivity index (χ4n) is 3.04. The van der Waals surface area contributed by atoms with E-state index in [0.717, 1.165) is 16.8 Å². The Kier molecular flexibility index (Phi) is 4.71. The van der Waals surface area contributed by atoms with Gasteiger partial charge in [-0.05, 0) is 37.6 Å². The van der Waals surface area contributed by atoms with Crippen LogP contribution in [0.4, 0.5) is 11.4 Å². The minimum absolute atomic E-state index is 0.0816. The fraction of sp³-hybridized carbons (Fsp3) is 0.263. The third-order valence-corrected chi connectivity index (χ3v) is 4.37. The maximum absolute atomic E-state index is 12.4. The number of rotatable bonds is 4. The summed E-state index contributed by atoms with van der Waals surface area (Å²) in [4.78, 5) is 36.4. The quantitative estimate of drug-likeness (QED) is 0.364. The number of nitro groups is 1. The molecular weight excluding hydrogens is 336 g/mol. The minimum Gasteiger partial charge on any atom is -0.426 e. The van der Waals surface area contributed by atoms with Crippen LogP contribution >= 0.6 is 0 Å². The molecule has 1 atom stereocenters. The first-order valence-electron chi connectivity index (χ1n) is 8.19. The first-order chi connectivity index (χ1) is 12.3. The Morgan fingerprint density at radius 1 is 1.19 bits per heavy atom. The summed E-state index contributed by atoms with van der Waals surface area (Å²) in [5, 5.41) is 10.7. The van der Waals surface area contributed by atoms with Gasteiger partial charge in [0.05, 0.1) is 10.8 Å². The van der Waals surface area contributed by atoms with E-state index in [0.29, 0.717) is 0 Å². The molecule has 1 heterocycles. The Bertz CT molecular complexity index is 876. The predicted octanol–water partition coefficient (Wildman–Crippen LogP) is 3.17. The van der Waals surface area contributed by atoms with Crippen LogP contribution in [0.15, 0.2) is 42.5 Å². The van der Waals surface area contributed by atoms with Gasteiger partial charge in [0.25, 0.3) is 5.69 Å². The highest BCUT2D eigenvalue weighted by atomic mass is 16.6. The lowest BCUT2D eigenvalue weighted by molar-refractivity contribution is -0.384. The van der Waals surface area contributed by atoms with Gasteiger partial charge in [-0.1, -0.05) is 17.7 Å². The maximum Gasteiger partial charge on any atom is 0.316 e. The normalized spacial score (nSPS) is 16.6. The molecule has 0 saturated carbocycles. The van der Waals surface area contributed by atoms with Gasteiger partial charge in [0.1, 0.15) is 5.75 Å². The summed E-state index contributed by atoms with van der Waals surface area (Å²) in [6.45, 7) is 4.17. The number of aryl methyl sites for hydroxylation is 2. The zero-order chi connectivity index (χ0) is 18.8. The largest absolute Gasteiger partial charge is 0.426 e. The number of carbonyl (C=O) groups excluding carboxylic acids is 2. The van der Waals surface area contributed by atoms with Crippen LogP contribution in [0.5, 0.6) is 5.75 Å². The summed E-state index contributed by atoms with van der Waals surface area (Å²) < 4.78 is 5.27. The van der Waals surface area contributed by atoms with Crippen molar-refractivity contribution in [3.8, 4) is 5.75 Å². The van der Waals surface area contributed by atoms with Crippen LogP contribution in [0.1, 0.15) is 17.5 Å². The van der Waals surface area contributed by atoms with Crippen molar-refractivity contribution in [2.75, 3.05) is 11.4 Å². The van der Waals surface area contributed by atoms with Crippen molar-refractivity contribution in [1.29, 1.82) is 0 Å². The molecule has 0 aromatic heterocycles. The summed E-state index contributed by atoms with van der Waals surface area (Å²) in [5.41, 5.74) is 2.79. The number of hydrogen-bond acceptors (Lipinski definition) is 5. The van der Waals surface area contributed by atoms with Crippen molar-refractivity contribution in [3.63, 3.8) is 0 Å². The Morgan fingerprint density at radius 2 is 1.88 bits per heavy atom. The molecule has 1 aliphatic heterocycles. The van der Waals surface area contributed by atoms with E-state index in [2.05, 4.69) is 0 Å². The summed E-state index contributed by atoms with van der Waals surface area (Å²) in [5.74, 6) is -0.988. The molecule has 7 nitrogen and oxygen atoms in total. The van der Waals surface area contributed by atoms with E-state index < -0.39 is 16.8 Å². The van der Waals surface area contributed by atoms with Crippen LogP contribution in [0.2, 0.25) is 0 Å². The minimum atomic E-state index is -0.571. The highest BCUT2D eigenvalue weighted by Gasteiger charge is 2.36. The van der Waals surface area contributed by atoms with Crippen LogP contribution < -0.4 is 9.64 Å². The number of amides is 1. The molecule has 134 valence electrons. The zero-order valence-corrected chi connectivity index (χ0v) is 14.5. The van der Waals surface area contributed by atoms with E-state index in [9.17, 15) is 19.7 Å². The van der Waals surface area contributed by atoms with Crippen molar-refractivity contribution in [2.24, 2.45) is 5.92 Å². The van der Waals surface area contributed by atoms with Gasteiger partial charge in [0.2, 0.25) is 5.91 Å². The number of nitro benzene ring substituents is 1. The molecule has 3 rings (SSSR count). The predicted molar refractivity (Wildman–Crippen MR) is 95.1 cm³/mol. The molecule has 0 radical (unpaired) electrons. The van der Waals surface area contributed by atoms with Gasteiger partial charge in [0, 0.05) is 30.8 Å². The van der Waals surface area contributed by atoms with E-state index in [1.807, 2.05) is 32.0 Å². The number of non-ortho nitro benzene ring substituents is 1. The van der Waals surface area contributed by atoms with E-state index in [1.165, 1.54) is 24.3 Å². The summed E-state index contributed by atoms with van der Waals surface area (Å²) in [6, 6.07) is 11.1. The average molecular weight is 354 g/mol. The van der Waals surface area contributed by atoms with E-state index in [4.69, 9.17) is 4.74 Å². The molecule has 0 spiro atoms. The number of benzene rings is 2. The van der Waals surface area contributed by atoms with Crippen LogP contribution in [0, 0.1) is 29.9 Å². The Morgan fingerprint density at radius 3 is 2.50 bits per heavy atom. The second kappa shape index (κ2) is 6.95. The van der Waals surface area contributed by atoms with Crippen molar-refractivity contribution in [1.82, 2.24) is 0 Å². The molecule has 0 N–H and O–H groups in total. The molecule has 1 fully saturated rings. The zero-order valence-electron chi connectivity index (χ0n) is 14.5. The third kappa shape index (κ3) is 3.56. The smallest absolute Gasteiger partial charge is 0.316 e. The summed E-state index contributed by atoms with van der Waals surface area (Å²) in [7, 11) is 0. The van der Waals surface area contributed by atoms with Crippen LogP contribution in [0.3, 0.4) is 0 Å². The van der Waals surface area contributed by atoms with Crippen molar-refractivity contribution in [3.05, 3.63) is 63.7 Å². The molecule has 26 heavy (non-hydrogen) atoms. The molecule has 1 amide bonds. The van der Waals surface area contributed by atoms with Crippen molar-refractivity contribution in [2.45, 2.75) is 20.3 Å². The molecule has 0 unspecified atom stereocenters. The molecule has 0 bridgehead atoms. The lowest BCUT2D eigenvalue weighted by Crippen LogP contribution is -2.27. The van der Waals surface area contributed by atoms with E-state index in [1.54, 1.807) is 4.90 Å². The van der Waals surface area contributed by atoms with Crippen molar-refractivity contribution >= 4 is 23.3 Å². The number of ether oxygens (including phenoxy) is 1. The Labute approximate surface area is 150 Å². The highest BCUT2D eigenvalue weighted by Crippen LogP contribution is 2.29. The van der Waals surface area contributed by atoms with Gasteiger partial charge < -0.3 is 9.64 Å². The molecule has 1 aliphatic rings. The van der Waals surface area contributed by atoms with Gasteiger partial charge in [-0.3, -0.25) is 19.7 Å². The van der Waals surface area contributed by atoms with Crippen LogP contribution in [0.25, 0.3) is 0 Å². The summed E-state index contributed by atoms with van der Waals surface area (Å²) >= 11 is 0. The maximum atomic E-state index is 12.4. The number of anilines is 1. The molecular formula is C19H18N2O5. The molecule has 2 aromatic rings. The second-order valence-electron chi connectivity index (χ2n) is 6.37. The van der Waals surface area contributed by atoms with Crippen LogP contribution in [-0.4, -0.2) is 23.3 Å². The molecule has 7 heteroatoms. The fourth-order valence-corrected chi connectivity index (χ4v) is 3.04. The Balaban J connectivity index is 1.69. The molecule has 0 aliphatic carbocycles. The number of esters is 1. The number of carbonyl (C=O) groups is 2. The van der Waals surface area contributed by atoms with Gasteiger partial charge in [0.15, 0.2) is 0 Å². The SMILES string of the molecule is Cc1ccc(N2C[C@@H](C(=O)Oc3ccc([N+](=O)[O-])cc3)CC2=O)c(C)c1. The second-order valence-corrected chi connectivity index (χ2v) is 6.37. The highest BCUT2D eigenvalue weighted by molar-refractivity contribution is 6.00. The third-order valence-electron chi connectivity index (χ3n) is 4.37. The standard InChI is InChI=1S/C19H18N2O5/c1-12-3-8-17(13(2)9-12)20-11-14(10-18(20)22)19(23)26-16-6-4-15(5-7-16)21(24)25/h3-9,14H,10-11H2,1-2H3/t14-/m0/s1. The van der Waals surface area contributed by atoms with Gasteiger partial charge >= 0.3 is 5.97 Å². The topological polar surface area (TPSA) is 89.8 Å². The lowest BCUT2D eigenvalue weighted by atomic mass is 10.1. The van der Waals surface area contributed by atoms with Gasteiger partial charge in [-0.15, -0.1) is 0 Å². The summed E-state index contributed by atoms with van der Waals surface area (Å²) in [6.07, 6.45) is 0.0825. The average Bonchev–Trinajstić information content (AvgIpc) is 2.97. The van der Waals surface area contributed by atoms with Gasteiger partial charge in [-0.2, -0.15) is 0 Å². The van der Waals surface area contributed by atoms with Crippen molar-refractivity contribution < 1.29 is 19.2 Å². The van der Waals surface area contributed by atoms with Crippen LogP contribution in [-0.2, 0) is 9.59 Å². The Hall–Kier alpha value is -3.22. The number of hydrogen-bond donors (Lipinski definition) is 0. The monoisotopic (exact) mass is 354 g/mol.